The van der Waals surface area contributed by atoms with Crippen LogP contribution in [0.5, 0.6) is 5.75 Å². The van der Waals surface area contributed by atoms with Gasteiger partial charge in [0.25, 0.3) is 0 Å². The Hall–Kier alpha value is -2.26. The maximum absolute atomic E-state index is 11.5. The zero-order chi connectivity index (χ0) is 14.1. The molecule has 3 rings (SSSR count). The van der Waals surface area contributed by atoms with Gasteiger partial charge in [-0.25, -0.2) is 0 Å². The minimum Gasteiger partial charge on any atom is -0.478 e. The lowest BCUT2D eigenvalue weighted by molar-refractivity contribution is 0.100. The molecular weight excluding hydrogens is 274 g/mol. The number of benzene rings is 3. The molecule has 3 aromatic carbocycles. The van der Waals surface area contributed by atoms with Gasteiger partial charge in [0.1, 0.15) is 5.75 Å². The lowest BCUT2D eigenvalue weighted by Gasteiger charge is -2.08. The largest absolute Gasteiger partial charge is 0.478 e. The molecule has 2 N–H and O–H groups in total. The minimum absolute atomic E-state index is 0.116. The van der Waals surface area contributed by atoms with Gasteiger partial charge in [-0.15, -0.1) is 0 Å². The van der Waals surface area contributed by atoms with E-state index in [-0.39, 0.29) is 6.07 Å². The van der Waals surface area contributed by atoms with Gasteiger partial charge in [0.05, 0.1) is 0 Å². The average molecular weight is 286 g/mol. The van der Waals surface area contributed by atoms with Crippen molar-refractivity contribution in [3.63, 3.8) is 0 Å². The number of amides is 1. The summed E-state index contributed by atoms with van der Waals surface area (Å²) in [7, 11) is 0. The Morgan fingerprint density at radius 1 is 1.05 bits per heavy atom. The second kappa shape index (κ2) is 5.02. The summed E-state index contributed by atoms with van der Waals surface area (Å²) in [6, 6.07) is 15.3. The number of hydrogen-bond acceptors (Lipinski definition) is 2. The maximum atomic E-state index is 11.5. The van der Waals surface area contributed by atoms with Crippen LogP contribution in [0.15, 0.2) is 48.5 Å². The number of fused-ring (bicyclic) bond motifs is 2. The predicted octanol–water partition coefficient (Wildman–Crippen LogP) is 3.67. The second-order valence-electron chi connectivity index (χ2n) is 4.51. The molecule has 1 amide bonds. The van der Waals surface area contributed by atoms with Crippen molar-refractivity contribution in [3.8, 4) is 5.75 Å². The fraction of sp³-hybridized carbons (Fsp3) is 0.0625. The third-order valence-electron chi connectivity index (χ3n) is 3.30. The first kappa shape index (κ1) is 12.8. The van der Waals surface area contributed by atoms with Crippen molar-refractivity contribution < 1.29 is 9.53 Å². The number of carbonyl (C=O) groups excluding carboxylic acids is 1. The van der Waals surface area contributed by atoms with E-state index in [4.69, 9.17) is 22.1 Å². The van der Waals surface area contributed by atoms with E-state index in [0.29, 0.717) is 5.56 Å². The van der Waals surface area contributed by atoms with E-state index in [1.54, 1.807) is 6.07 Å². The summed E-state index contributed by atoms with van der Waals surface area (Å²) in [5.74, 6) is 0.301. The summed E-state index contributed by atoms with van der Waals surface area (Å²) in [5, 5.41) is 3.88. The summed E-state index contributed by atoms with van der Waals surface area (Å²) >= 11 is 5.56. The minimum atomic E-state index is -0.419. The Morgan fingerprint density at radius 2 is 1.90 bits per heavy atom. The van der Waals surface area contributed by atoms with E-state index in [1.807, 2.05) is 42.5 Å². The van der Waals surface area contributed by atoms with Crippen LogP contribution >= 0.6 is 11.6 Å². The Bertz CT molecular complexity index is 814. The molecule has 0 aliphatic carbocycles. The first-order valence-electron chi connectivity index (χ1n) is 6.14. The lowest BCUT2D eigenvalue weighted by Crippen LogP contribution is -2.11. The third kappa shape index (κ3) is 2.17. The molecule has 0 saturated carbocycles. The number of alkyl halides is 1. The predicted molar refractivity (Wildman–Crippen MR) is 81.3 cm³/mol. The molecule has 0 aromatic heterocycles. The number of ether oxygens (including phenoxy) is 1. The van der Waals surface area contributed by atoms with Gasteiger partial charge in [-0.3, -0.25) is 4.79 Å². The van der Waals surface area contributed by atoms with Crippen LogP contribution in [-0.4, -0.2) is 12.0 Å². The molecule has 0 saturated heterocycles. The van der Waals surface area contributed by atoms with E-state index in [9.17, 15) is 4.79 Å². The molecule has 3 nitrogen and oxygen atoms in total. The van der Waals surface area contributed by atoms with E-state index < -0.39 is 5.91 Å². The highest BCUT2D eigenvalue weighted by atomic mass is 35.5. The summed E-state index contributed by atoms with van der Waals surface area (Å²) in [4.78, 5) is 11.5. The molecule has 0 atom stereocenters. The Kier molecular flexibility index (Phi) is 3.20. The smallest absolute Gasteiger partial charge is 0.249 e. The van der Waals surface area contributed by atoms with Crippen LogP contribution < -0.4 is 10.5 Å². The van der Waals surface area contributed by atoms with Crippen LogP contribution in [-0.2, 0) is 0 Å². The SMILES string of the molecule is NC(=O)c1cccc2cc3cc(OCCl)ccc3cc12. The molecule has 0 bridgehead atoms. The molecule has 20 heavy (non-hydrogen) atoms. The highest BCUT2D eigenvalue weighted by Gasteiger charge is 2.07. The number of primary amides is 1. The summed E-state index contributed by atoms with van der Waals surface area (Å²) in [6.45, 7) is 0. The number of nitrogens with two attached hydrogens (primary N) is 1. The third-order valence-corrected chi connectivity index (χ3v) is 3.40. The fourth-order valence-electron chi connectivity index (χ4n) is 2.37. The Balaban J connectivity index is 2.28. The quantitative estimate of drug-likeness (QED) is 0.590. The van der Waals surface area contributed by atoms with Gasteiger partial charge in [-0.1, -0.05) is 29.8 Å². The number of carbonyl (C=O) groups is 1. The summed E-state index contributed by atoms with van der Waals surface area (Å²) < 4.78 is 5.28. The summed E-state index contributed by atoms with van der Waals surface area (Å²) in [5.41, 5.74) is 5.95. The highest BCUT2D eigenvalue weighted by Crippen LogP contribution is 2.28. The van der Waals surface area contributed by atoms with Crippen molar-refractivity contribution in [1.82, 2.24) is 0 Å². The van der Waals surface area contributed by atoms with E-state index in [1.165, 1.54) is 0 Å². The topological polar surface area (TPSA) is 52.3 Å². The van der Waals surface area contributed by atoms with Crippen molar-refractivity contribution in [2.75, 3.05) is 6.07 Å². The fourth-order valence-corrected chi connectivity index (χ4v) is 2.50. The molecule has 0 fully saturated rings. The molecule has 0 radical (unpaired) electrons. The van der Waals surface area contributed by atoms with E-state index in [2.05, 4.69) is 0 Å². The first-order valence-corrected chi connectivity index (χ1v) is 6.67. The number of rotatable bonds is 3. The van der Waals surface area contributed by atoms with Crippen LogP contribution in [0.25, 0.3) is 21.5 Å². The normalized spacial score (nSPS) is 10.8. The van der Waals surface area contributed by atoms with Crippen LogP contribution in [0.4, 0.5) is 0 Å². The molecule has 0 aliphatic rings. The van der Waals surface area contributed by atoms with Crippen LogP contribution in [0.1, 0.15) is 10.4 Å². The van der Waals surface area contributed by atoms with Crippen LogP contribution in [0.2, 0.25) is 0 Å². The van der Waals surface area contributed by atoms with Gasteiger partial charge in [-0.2, -0.15) is 0 Å². The molecule has 100 valence electrons. The van der Waals surface area contributed by atoms with Gasteiger partial charge in [0.15, 0.2) is 6.07 Å². The molecule has 3 aromatic rings. The monoisotopic (exact) mass is 285 g/mol. The molecule has 4 heteroatoms. The van der Waals surface area contributed by atoms with Gasteiger partial charge < -0.3 is 10.5 Å². The zero-order valence-corrected chi connectivity index (χ0v) is 11.4. The van der Waals surface area contributed by atoms with Crippen molar-refractivity contribution in [3.05, 3.63) is 54.1 Å². The molecule has 0 unspecified atom stereocenters. The van der Waals surface area contributed by atoms with Gasteiger partial charge in [-0.05, 0) is 51.9 Å². The standard InChI is InChI=1S/C16H12ClNO2/c17-9-20-13-5-4-10-8-15-11(6-12(10)7-13)2-1-3-14(15)16(18)19/h1-8H,9H2,(H2,18,19). The number of halogens is 1. The van der Waals surface area contributed by atoms with Crippen molar-refractivity contribution in [2.45, 2.75) is 0 Å². The molecule has 0 spiro atoms. The lowest BCUT2D eigenvalue weighted by atomic mass is 9.99. The maximum Gasteiger partial charge on any atom is 0.249 e. The first-order chi connectivity index (χ1) is 9.69. The molecule has 0 heterocycles. The second-order valence-corrected chi connectivity index (χ2v) is 4.72. The Labute approximate surface area is 120 Å². The molecular formula is C16H12ClNO2. The van der Waals surface area contributed by atoms with Crippen LogP contribution in [0.3, 0.4) is 0 Å². The van der Waals surface area contributed by atoms with E-state index >= 15 is 0 Å². The average Bonchev–Trinajstić information content (AvgIpc) is 2.44. The van der Waals surface area contributed by atoms with Gasteiger partial charge in [0.2, 0.25) is 5.91 Å². The van der Waals surface area contributed by atoms with Gasteiger partial charge in [0, 0.05) is 5.56 Å². The van der Waals surface area contributed by atoms with Crippen LogP contribution in [0, 0.1) is 0 Å². The van der Waals surface area contributed by atoms with Crippen molar-refractivity contribution >= 4 is 39.1 Å². The Morgan fingerprint density at radius 3 is 2.65 bits per heavy atom. The summed E-state index contributed by atoms with van der Waals surface area (Å²) in [6.07, 6.45) is 0. The van der Waals surface area contributed by atoms with Crippen molar-refractivity contribution in [2.24, 2.45) is 5.73 Å². The van der Waals surface area contributed by atoms with Crippen molar-refractivity contribution in [1.29, 1.82) is 0 Å². The zero-order valence-electron chi connectivity index (χ0n) is 10.6. The molecule has 0 aliphatic heterocycles. The highest BCUT2D eigenvalue weighted by molar-refractivity contribution is 6.17. The van der Waals surface area contributed by atoms with E-state index in [0.717, 1.165) is 27.3 Å². The van der Waals surface area contributed by atoms with Gasteiger partial charge >= 0.3 is 0 Å². The number of hydrogen-bond donors (Lipinski definition) is 1.